The summed E-state index contributed by atoms with van der Waals surface area (Å²) < 4.78 is 0. The van der Waals surface area contributed by atoms with Crippen LogP contribution in [0, 0.1) is 10.1 Å². The van der Waals surface area contributed by atoms with Gasteiger partial charge in [0.05, 0.1) is 11.5 Å². The van der Waals surface area contributed by atoms with Crippen molar-refractivity contribution < 1.29 is 9.72 Å². The number of fused-ring (bicyclic) bond motifs is 1. The number of nitro groups is 1. The smallest absolute Gasteiger partial charge is 0.303 e. The summed E-state index contributed by atoms with van der Waals surface area (Å²) in [5.74, 6) is -0.0328. The molecule has 0 saturated heterocycles. The highest BCUT2D eigenvalue weighted by molar-refractivity contribution is 7.14. The summed E-state index contributed by atoms with van der Waals surface area (Å²) in [7, 11) is 0. The summed E-state index contributed by atoms with van der Waals surface area (Å²) in [6.07, 6.45) is 0.887. The molecule has 1 N–H and O–H groups in total. The van der Waals surface area contributed by atoms with Crippen molar-refractivity contribution in [1.82, 2.24) is 4.90 Å². The van der Waals surface area contributed by atoms with Crippen molar-refractivity contribution >= 4 is 39.3 Å². The van der Waals surface area contributed by atoms with Crippen LogP contribution in [0.15, 0.2) is 22.9 Å². The second kappa shape index (κ2) is 5.82. The SMILES string of the molecule is O=C(CNc1sccc1[N+](=O)[O-])N1CCc2sccc2C1. The van der Waals surface area contributed by atoms with Crippen LogP contribution < -0.4 is 5.32 Å². The van der Waals surface area contributed by atoms with E-state index in [1.807, 2.05) is 5.38 Å². The molecule has 0 aliphatic carbocycles. The van der Waals surface area contributed by atoms with E-state index in [1.165, 1.54) is 27.8 Å². The van der Waals surface area contributed by atoms with E-state index in [1.54, 1.807) is 21.6 Å². The quantitative estimate of drug-likeness (QED) is 0.693. The molecule has 6 nitrogen and oxygen atoms in total. The molecular weight excluding hydrogens is 310 g/mol. The highest BCUT2D eigenvalue weighted by atomic mass is 32.1. The maximum absolute atomic E-state index is 12.2. The normalized spacial score (nSPS) is 13.8. The van der Waals surface area contributed by atoms with Crippen LogP contribution in [0.2, 0.25) is 0 Å². The lowest BCUT2D eigenvalue weighted by molar-refractivity contribution is -0.383. The predicted octanol–water partition coefficient (Wildman–Crippen LogP) is 2.71. The summed E-state index contributed by atoms with van der Waals surface area (Å²) >= 11 is 2.96. The van der Waals surface area contributed by atoms with Gasteiger partial charge in [-0.15, -0.1) is 22.7 Å². The van der Waals surface area contributed by atoms with Gasteiger partial charge in [0.2, 0.25) is 5.91 Å². The molecule has 0 bridgehead atoms. The Kier molecular flexibility index (Phi) is 3.89. The van der Waals surface area contributed by atoms with E-state index in [-0.39, 0.29) is 18.1 Å². The van der Waals surface area contributed by atoms with Gasteiger partial charge in [-0.3, -0.25) is 14.9 Å². The fourth-order valence-electron chi connectivity index (χ4n) is 2.31. The van der Waals surface area contributed by atoms with Gasteiger partial charge in [0, 0.05) is 24.0 Å². The van der Waals surface area contributed by atoms with Gasteiger partial charge in [0.25, 0.3) is 0 Å². The number of nitrogens with zero attached hydrogens (tertiary/aromatic N) is 2. The van der Waals surface area contributed by atoms with Crippen LogP contribution in [0.4, 0.5) is 10.7 Å². The largest absolute Gasteiger partial charge is 0.362 e. The highest BCUT2D eigenvalue weighted by Crippen LogP contribution is 2.30. The number of carbonyl (C=O) groups is 1. The Morgan fingerprint density at radius 2 is 2.19 bits per heavy atom. The first-order valence-corrected chi connectivity index (χ1v) is 8.20. The Morgan fingerprint density at radius 1 is 1.38 bits per heavy atom. The zero-order valence-corrected chi connectivity index (χ0v) is 12.7. The maximum Gasteiger partial charge on any atom is 0.303 e. The molecule has 0 unspecified atom stereocenters. The molecule has 0 radical (unpaired) electrons. The molecule has 8 heteroatoms. The van der Waals surface area contributed by atoms with E-state index in [0.717, 1.165) is 6.42 Å². The number of anilines is 1. The second-order valence-electron chi connectivity index (χ2n) is 4.68. The van der Waals surface area contributed by atoms with Crippen molar-refractivity contribution in [3.63, 3.8) is 0 Å². The Morgan fingerprint density at radius 3 is 3.00 bits per heavy atom. The number of hydrogen-bond donors (Lipinski definition) is 1. The maximum atomic E-state index is 12.2. The molecule has 1 amide bonds. The van der Waals surface area contributed by atoms with Crippen molar-refractivity contribution in [2.75, 3.05) is 18.4 Å². The molecular formula is C13H13N3O3S2. The summed E-state index contributed by atoms with van der Waals surface area (Å²) in [6, 6.07) is 3.49. The summed E-state index contributed by atoms with van der Waals surface area (Å²) in [5, 5.41) is 17.8. The fourth-order valence-corrected chi connectivity index (χ4v) is 3.95. The van der Waals surface area contributed by atoms with Gasteiger partial charge >= 0.3 is 5.69 Å². The van der Waals surface area contributed by atoms with E-state index in [0.29, 0.717) is 18.1 Å². The van der Waals surface area contributed by atoms with E-state index < -0.39 is 4.92 Å². The van der Waals surface area contributed by atoms with Crippen molar-refractivity contribution in [3.8, 4) is 0 Å². The highest BCUT2D eigenvalue weighted by Gasteiger charge is 2.22. The molecule has 21 heavy (non-hydrogen) atoms. The van der Waals surface area contributed by atoms with Crippen molar-refractivity contribution in [2.24, 2.45) is 0 Å². The van der Waals surface area contributed by atoms with Crippen LogP contribution in [-0.4, -0.2) is 28.8 Å². The standard InChI is InChI=1S/C13H13N3O3S2/c17-12(7-14-13-10(16(18)19)3-6-21-13)15-4-1-11-9(8-15)2-5-20-11/h2-3,5-6,14H,1,4,7-8H2. The number of amides is 1. The van der Waals surface area contributed by atoms with E-state index in [2.05, 4.69) is 11.4 Å². The molecule has 2 aromatic heterocycles. The Balaban J connectivity index is 1.60. The lowest BCUT2D eigenvalue weighted by Crippen LogP contribution is -2.38. The Bertz CT molecular complexity index is 680. The molecule has 0 fully saturated rings. The lowest BCUT2D eigenvalue weighted by Gasteiger charge is -2.27. The molecule has 1 aliphatic rings. The van der Waals surface area contributed by atoms with Crippen molar-refractivity contribution in [1.29, 1.82) is 0 Å². The Labute approximate surface area is 129 Å². The van der Waals surface area contributed by atoms with Gasteiger partial charge in [-0.25, -0.2) is 0 Å². The second-order valence-corrected chi connectivity index (χ2v) is 6.60. The van der Waals surface area contributed by atoms with E-state index >= 15 is 0 Å². The van der Waals surface area contributed by atoms with Crippen LogP contribution >= 0.6 is 22.7 Å². The van der Waals surface area contributed by atoms with Gasteiger partial charge in [-0.1, -0.05) is 0 Å². The number of nitrogens with one attached hydrogen (secondary N) is 1. The third-order valence-corrected chi connectivity index (χ3v) is 5.29. The molecule has 0 saturated carbocycles. The lowest BCUT2D eigenvalue weighted by atomic mass is 10.1. The number of carbonyl (C=O) groups excluding carboxylic acids is 1. The Hall–Kier alpha value is -1.93. The third-order valence-electron chi connectivity index (χ3n) is 3.40. The van der Waals surface area contributed by atoms with Gasteiger partial charge in [0.15, 0.2) is 5.00 Å². The molecule has 1 aliphatic heterocycles. The minimum Gasteiger partial charge on any atom is -0.362 e. The van der Waals surface area contributed by atoms with Crippen LogP contribution in [0.1, 0.15) is 10.4 Å². The zero-order chi connectivity index (χ0) is 14.8. The first-order valence-electron chi connectivity index (χ1n) is 6.44. The molecule has 0 atom stereocenters. The van der Waals surface area contributed by atoms with Crippen molar-refractivity contribution in [3.05, 3.63) is 43.4 Å². The molecule has 0 aromatic carbocycles. The monoisotopic (exact) mass is 323 g/mol. The first kappa shape index (κ1) is 14.0. The van der Waals surface area contributed by atoms with Gasteiger partial charge in [-0.05, 0) is 28.8 Å². The van der Waals surface area contributed by atoms with Crippen LogP contribution in [-0.2, 0) is 17.8 Å². The first-order chi connectivity index (χ1) is 10.1. The van der Waals surface area contributed by atoms with Crippen LogP contribution in [0.25, 0.3) is 0 Å². The predicted molar refractivity (Wildman–Crippen MR) is 82.9 cm³/mol. The van der Waals surface area contributed by atoms with E-state index in [9.17, 15) is 14.9 Å². The van der Waals surface area contributed by atoms with Crippen LogP contribution in [0.3, 0.4) is 0 Å². The van der Waals surface area contributed by atoms with Gasteiger partial charge < -0.3 is 10.2 Å². The van der Waals surface area contributed by atoms with E-state index in [4.69, 9.17) is 0 Å². The molecule has 2 aromatic rings. The molecule has 0 spiro atoms. The third kappa shape index (κ3) is 2.91. The summed E-state index contributed by atoms with van der Waals surface area (Å²) in [5.41, 5.74) is 1.23. The average Bonchev–Trinajstić information content (AvgIpc) is 3.12. The number of thiophene rings is 2. The molecule has 3 rings (SSSR count). The summed E-state index contributed by atoms with van der Waals surface area (Å²) in [6.45, 7) is 1.42. The van der Waals surface area contributed by atoms with Crippen LogP contribution in [0.5, 0.6) is 0 Å². The minimum absolute atomic E-state index is 0.0200. The van der Waals surface area contributed by atoms with Gasteiger partial charge in [-0.2, -0.15) is 0 Å². The average molecular weight is 323 g/mol. The minimum atomic E-state index is -0.443. The number of rotatable bonds is 4. The van der Waals surface area contributed by atoms with Gasteiger partial charge in [0.1, 0.15) is 0 Å². The molecule has 110 valence electrons. The molecule has 3 heterocycles. The zero-order valence-electron chi connectivity index (χ0n) is 11.1. The number of hydrogen-bond acceptors (Lipinski definition) is 6. The summed E-state index contributed by atoms with van der Waals surface area (Å²) in [4.78, 5) is 25.7. The van der Waals surface area contributed by atoms with Crippen molar-refractivity contribution in [2.45, 2.75) is 13.0 Å². The topological polar surface area (TPSA) is 75.5 Å². The fraction of sp³-hybridized carbons (Fsp3) is 0.308.